The molecule has 0 aromatic carbocycles. The highest BCUT2D eigenvalue weighted by Gasteiger charge is 2.34. The van der Waals surface area contributed by atoms with Crippen LogP contribution in [0.25, 0.3) is 0 Å². The summed E-state index contributed by atoms with van der Waals surface area (Å²) in [6.07, 6.45) is -2.46. The molecule has 1 aliphatic rings. The number of hydrogen-bond donors (Lipinski definition) is 2. The molecule has 1 aromatic heterocycles. The molecule has 2 rings (SSSR count). The van der Waals surface area contributed by atoms with E-state index in [0.29, 0.717) is 31.6 Å². The molecule has 0 amide bonds. The molecular weight excluding hydrogens is 259 g/mol. The number of anilines is 2. The van der Waals surface area contributed by atoms with E-state index in [1.165, 1.54) is 0 Å². The smallest absolute Gasteiger partial charge is 0.396 e. The number of piperidine rings is 1. The highest BCUT2D eigenvalue weighted by atomic mass is 19.4. The van der Waals surface area contributed by atoms with Crippen molar-refractivity contribution in [1.29, 1.82) is 0 Å². The van der Waals surface area contributed by atoms with Crippen LogP contribution in [-0.2, 0) is 6.18 Å². The van der Waals surface area contributed by atoms with E-state index in [2.05, 4.69) is 4.98 Å². The number of nitrogen functional groups attached to an aromatic ring is 1. The van der Waals surface area contributed by atoms with Gasteiger partial charge >= 0.3 is 6.18 Å². The van der Waals surface area contributed by atoms with Gasteiger partial charge in [-0.15, -0.1) is 0 Å². The summed E-state index contributed by atoms with van der Waals surface area (Å²) >= 11 is 0. The first-order chi connectivity index (χ1) is 8.69. The number of nitrogens with two attached hydrogens (primary N) is 1. The molecule has 0 bridgehead atoms. The first-order valence-electron chi connectivity index (χ1n) is 5.99. The summed E-state index contributed by atoms with van der Waals surface area (Å²) in [7, 11) is 0. The summed E-state index contributed by atoms with van der Waals surface area (Å²) < 4.78 is 37.9. The van der Waals surface area contributed by atoms with E-state index in [4.69, 9.17) is 5.73 Å². The number of halogens is 3. The number of pyridine rings is 1. The number of alkyl halides is 3. The van der Waals surface area contributed by atoms with Gasteiger partial charge in [-0.05, 0) is 25.8 Å². The minimum Gasteiger partial charge on any atom is -0.396 e. The third-order valence-electron chi connectivity index (χ3n) is 3.38. The van der Waals surface area contributed by atoms with Crippen molar-refractivity contribution < 1.29 is 18.3 Å². The molecule has 4 nitrogen and oxygen atoms in total. The van der Waals surface area contributed by atoms with Crippen molar-refractivity contribution in [2.75, 3.05) is 23.7 Å². The average molecular weight is 275 g/mol. The molecule has 0 saturated carbocycles. The zero-order valence-electron chi connectivity index (χ0n) is 10.5. The summed E-state index contributed by atoms with van der Waals surface area (Å²) in [5.74, 6) is 0. The third-order valence-corrected chi connectivity index (χ3v) is 3.38. The Kier molecular flexibility index (Phi) is 3.34. The van der Waals surface area contributed by atoms with Crippen molar-refractivity contribution in [3.8, 4) is 0 Å². The monoisotopic (exact) mass is 275 g/mol. The van der Waals surface area contributed by atoms with Gasteiger partial charge in [-0.2, -0.15) is 13.2 Å². The standard InChI is InChI=1S/C12H16F3N3O/c1-11(19)2-4-18(5-3-11)9-6-10(12(13,14)15)17-7-8(9)16/h6-7,19H,2-5,16H2,1H3. The fraction of sp³-hybridized carbons (Fsp3) is 0.583. The van der Waals surface area contributed by atoms with Crippen molar-refractivity contribution in [3.63, 3.8) is 0 Å². The molecule has 3 N–H and O–H groups in total. The first kappa shape index (κ1) is 13.9. The van der Waals surface area contributed by atoms with Gasteiger partial charge < -0.3 is 15.7 Å². The maximum absolute atomic E-state index is 12.6. The Morgan fingerprint density at radius 3 is 2.47 bits per heavy atom. The molecule has 1 fully saturated rings. The van der Waals surface area contributed by atoms with E-state index in [1.54, 1.807) is 11.8 Å². The molecule has 7 heteroatoms. The second-order valence-electron chi connectivity index (χ2n) is 5.11. The van der Waals surface area contributed by atoms with Crippen LogP contribution >= 0.6 is 0 Å². The Morgan fingerprint density at radius 1 is 1.37 bits per heavy atom. The van der Waals surface area contributed by atoms with Crippen molar-refractivity contribution in [2.24, 2.45) is 0 Å². The Labute approximate surface area is 109 Å². The van der Waals surface area contributed by atoms with Gasteiger partial charge in [0.05, 0.1) is 23.2 Å². The SMILES string of the molecule is CC1(O)CCN(c2cc(C(F)(F)F)ncc2N)CC1. The third kappa shape index (κ3) is 3.09. The van der Waals surface area contributed by atoms with E-state index in [-0.39, 0.29) is 5.69 Å². The second kappa shape index (κ2) is 4.56. The van der Waals surface area contributed by atoms with E-state index in [9.17, 15) is 18.3 Å². The highest BCUT2D eigenvalue weighted by Crippen LogP contribution is 2.34. The van der Waals surface area contributed by atoms with E-state index in [1.807, 2.05) is 0 Å². The molecule has 0 atom stereocenters. The number of rotatable bonds is 1. The Hall–Kier alpha value is -1.50. The largest absolute Gasteiger partial charge is 0.433 e. The van der Waals surface area contributed by atoms with Crippen LogP contribution in [0, 0.1) is 0 Å². The van der Waals surface area contributed by atoms with Crippen LogP contribution in [-0.4, -0.2) is 28.8 Å². The van der Waals surface area contributed by atoms with Crippen LogP contribution in [0.3, 0.4) is 0 Å². The van der Waals surface area contributed by atoms with Gasteiger partial charge in [-0.25, -0.2) is 4.98 Å². The zero-order valence-corrected chi connectivity index (χ0v) is 10.5. The zero-order chi connectivity index (χ0) is 14.3. The van der Waals surface area contributed by atoms with Crippen LogP contribution in [0.4, 0.5) is 24.5 Å². The molecule has 1 aliphatic heterocycles. The molecule has 0 aliphatic carbocycles. The minimum atomic E-state index is -4.48. The van der Waals surface area contributed by atoms with Gasteiger partial charge in [0.1, 0.15) is 5.69 Å². The van der Waals surface area contributed by atoms with Crippen LogP contribution in [0.2, 0.25) is 0 Å². The van der Waals surface area contributed by atoms with Gasteiger partial charge in [0, 0.05) is 13.1 Å². The normalized spacial score (nSPS) is 19.5. The number of aliphatic hydroxyl groups is 1. The van der Waals surface area contributed by atoms with Crippen molar-refractivity contribution in [3.05, 3.63) is 18.0 Å². The molecule has 0 spiro atoms. The first-order valence-corrected chi connectivity index (χ1v) is 5.99. The summed E-state index contributed by atoms with van der Waals surface area (Å²) in [6, 6.07) is 0.968. The Morgan fingerprint density at radius 2 is 1.95 bits per heavy atom. The molecule has 19 heavy (non-hydrogen) atoms. The molecule has 1 saturated heterocycles. The van der Waals surface area contributed by atoms with Crippen molar-refractivity contribution >= 4 is 11.4 Å². The lowest BCUT2D eigenvalue weighted by Gasteiger charge is -2.37. The predicted octanol–water partition coefficient (Wildman–Crippen LogP) is 2.03. The average Bonchev–Trinajstić information content (AvgIpc) is 2.29. The lowest BCUT2D eigenvalue weighted by molar-refractivity contribution is -0.141. The van der Waals surface area contributed by atoms with Crippen LogP contribution < -0.4 is 10.6 Å². The summed E-state index contributed by atoms with van der Waals surface area (Å²) in [5.41, 5.74) is 4.54. The summed E-state index contributed by atoms with van der Waals surface area (Å²) in [6.45, 7) is 2.67. The molecule has 106 valence electrons. The van der Waals surface area contributed by atoms with E-state index in [0.717, 1.165) is 12.3 Å². The number of hydrogen-bond acceptors (Lipinski definition) is 4. The van der Waals surface area contributed by atoms with Gasteiger partial charge in [0.15, 0.2) is 0 Å². The van der Waals surface area contributed by atoms with Crippen molar-refractivity contribution in [1.82, 2.24) is 4.98 Å². The number of nitrogens with zero attached hydrogens (tertiary/aromatic N) is 2. The van der Waals surface area contributed by atoms with Crippen LogP contribution in [0.1, 0.15) is 25.5 Å². The van der Waals surface area contributed by atoms with Gasteiger partial charge in [-0.3, -0.25) is 0 Å². The predicted molar refractivity (Wildman–Crippen MR) is 65.7 cm³/mol. The Balaban J connectivity index is 2.25. The molecule has 1 aromatic rings. The van der Waals surface area contributed by atoms with Crippen molar-refractivity contribution in [2.45, 2.75) is 31.5 Å². The fourth-order valence-corrected chi connectivity index (χ4v) is 2.11. The maximum Gasteiger partial charge on any atom is 0.433 e. The molecular formula is C12H16F3N3O. The topological polar surface area (TPSA) is 62.4 Å². The lowest BCUT2D eigenvalue weighted by Crippen LogP contribution is -2.42. The molecule has 2 heterocycles. The molecule has 0 radical (unpaired) electrons. The minimum absolute atomic E-state index is 0.217. The van der Waals surface area contributed by atoms with Crippen LogP contribution in [0.15, 0.2) is 12.3 Å². The number of aromatic nitrogens is 1. The lowest BCUT2D eigenvalue weighted by atomic mass is 9.93. The summed E-state index contributed by atoms with van der Waals surface area (Å²) in [4.78, 5) is 5.06. The van der Waals surface area contributed by atoms with Gasteiger partial charge in [-0.1, -0.05) is 0 Å². The van der Waals surface area contributed by atoms with E-state index >= 15 is 0 Å². The highest BCUT2D eigenvalue weighted by molar-refractivity contribution is 5.67. The molecule has 0 unspecified atom stereocenters. The second-order valence-corrected chi connectivity index (χ2v) is 5.11. The maximum atomic E-state index is 12.6. The summed E-state index contributed by atoms with van der Waals surface area (Å²) in [5, 5.41) is 9.84. The quantitative estimate of drug-likeness (QED) is 0.823. The van der Waals surface area contributed by atoms with Crippen LogP contribution in [0.5, 0.6) is 0 Å². The van der Waals surface area contributed by atoms with Gasteiger partial charge in [0.25, 0.3) is 0 Å². The van der Waals surface area contributed by atoms with Gasteiger partial charge in [0.2, 0.25) is 0 Å². The Bertz CT molecular complexity index is 464. The fourth-order valence-electron chi connectivity index (χ4n) is 2.11. The van der Waals surface area contributed by atoms with E-state index < -0.39 is 17.5 Å².